The number of likely N-dealkylation sites (N-methyl/N-ethyl adjacent to an activating group) is 1. The molecule has 0 aromatic carbocycles. The lowest BCUT2D eigenvalue weighted by molar-refractivity contribution is -0.138. The van der Waals surface area contributed by atoms with Gasteiger partial charge < -0.3 is 26.6 Å². The molecule has 0 radical (unpaired) electrons. The molecular formula is C7H16N4O4. The highest BCUT2D eigenvalue weighted by Gasteiger charge is 2.03. The van der Waals surface area contributed by atoms with Crippen LogP contribution in [0.25, 0.3) is 0 Å². The molecule has 0 rings (SSSR count). The summed E-state index contributed by atoms with van der Waals surface area (Å²) in [6, 6.07) is -0.731. The first kappa shape index (κ1) is 15.6. The van der Waals surface area contributed by atoms with E-state index in [2.05, 4.69) is 0 Å². The number of rotatable bonds is 3. The van der Waals surface area contributed by atoms with Crippen molar-refractivity contribution in [2.45, 2.75) is 13.0 Å². The van der Waals surface area contributed by atoms with Crippen molar-refractivity contribution < 1.29 is 19.8 Å². The van der Waals surface area contributed by atoms with Crippen LogP contribution in [0.15, 0.2) is 0 Å². The Morgan fingerprint density at radius 1 is 1.47 bits per heavy atom. The highest BCUT2D eigenvalue weighted by atomic mass is 16.4. The summed E-state index contributed by atoms with van der Waals surface area (Å²) in [5, 5.41) is 22.7. The minimum Gasteiger partial charge on any atom is -0.480 e. The Labute approximate surface area is 87.0 Å². The smallest absolute Gasteiger partial charge is 0.323 e. The molecule has 0 aromatic rings. The number of carboxylic acids is 2. The molecule has 1 atom stereocenters. The molecule has 0 spiro atoms. The lowest BCUT2D eigenvalue weighted by Gasteiger charge is -2.12. The second kappa shape index (κ2) is 7.56. The van der Waals surface area contributed by atoms with Gasteiger partial charge in [0.1, 0.15) is 12.6 Å². The topological polar surface area (TPSA) is 154 Å². The number of hydrogen-bond acceptors (Lipinski definition) is 4. The summed E-state index contributed by atoms with van der Waals surface area (Å²) in [5.41, 5.74) is 9.77. The van der Waals surface area contributed by atoms with Gasteiger partial charge in [-0.1, -0.05) is 0 Å². The van der Waals surface area contributed by atoms with Crippen LogP contribution in [0.2, 0.25) is 0 Å². The maximum Gasteiger partial charge on any atom is 0.323 e. The van der Waals surface area contributed by atoms with Gasteiger partial charge in [-0.3, -0.25) is 15.0 Å². The largest absolute Gasteiger partial charge is 0.480 e. The molecule has 88 valence electrons. The van der Waals surface area contributed by atoms with E-state index in [9.17, 15) is 9.59 Å². The maximum atomic E-state index is 9.92. The predicted octanol–water partition coefficient (Wildman–Crippen LogP) is -1.69. The predicted molar refractivity (Wildman–Crippen MR) is 53.5 cm³/mol. The molecule has 0 saturated carbocycles. The van der Waals surface area contributed by atoms with Crippen LogP contribution in [0.4, 0.5) is 0 Å². The number of hydrogen-bond donors (Lipinski definition) is 5. The Morgan fingerprint density at radius 3 is 1.87 bits per heavy atom. The Bertz CT molecular complexity index is 241. The highest BCUT2D eigenvalue weighted by Crippen LogP contribution is 1.76. The van der Waals surface area contributed by atoms with Crippen LogP contribution in [-0.4, -0.2) is 52.6 Å². The molecular weight excluding hydrogens is 204 g/mol. The van der Waals surface area contributed by atoms with Crippen molar-refractivity contribution in [2.75, 3.05) is 13.6 Å². The van der Waals surface area contributed by atoms with Crippen molar-refractivity contribution in [2.24, 2.45) is 11.5 Å². The molecule has 15 heavy (non-hydrogen) atoms. The molecule has 0 bridgehead atoms. The highest BCUT2D eigenvalue weighted by molar-refractivity contribution is 5.79. The van der Waals surface area contributed by atoms with E-state index in [-0.39, 0.29) is 12.5 Å². The third-order valence-corrected chi connectivity index (χ3v) is 1.17. The fourth-order valence-electron chi connectivity index (χ4n) is 0.288. The summed E-state index contributed by atoms with van der Waals surface area (Å²) in [6.07, 6.45) is 0. The van der Waals surface area contributed by atoms with Gasteiger partial charge in [0.05, 0.1) is 0 Å². The van der Waals surface area contributed by atoms with Gasteiger partial charge in [0.2, 0.25) is 0 Å². The minimum absolute atomic E-state index is 0.227. The van der Waals surface area contributed by atoms with E-state index >= 15 is 0 Å². The van der Waals surface area contributed by atoms with Crippen LogP contribution in [0.1, 0.15) is 6.92 Å². The van der Waals surface area contributed by atoms with E-state index in [0.29, 0.717) is 0 Å². The molecule has 0 aliphatic heterocycles. The molecule has 8 heteroatoms. The number of nitrogens with two attached hydrogens (primary N) is 2. The van der Waals surface area contributed by atoms with Gasteiger partial charge in [0.15, 0.2) is 5.96 Å². The maximum absolute atomic E-state index is 9.92. The van der Waals surface area contributed by atoms with Crippen LogP contribution in [0.5, 0.6) is 0 Å². The average Bonchev–Trinajstić information content (AvgIpc) is 2.03. The zero-order chi connectivity index (χ0) is 12.6. The standard InChI is InChI=1S/C4H9N3O2.C3H7NO2/c1-7(4(5)6)2-3(8)9;1-2(4)3(5)6/h2H2,1H3,(H3,5,6)(H,8,9);2H,4H2,1H3,(H,5,6). The van der Waals surface area contributed by atoms with E-state index in [4.69, 9.17) is 27.1 Å². The average molecular weight is 220 g/mol. The molecule has 0 fully saturated rings. The normalized spacial score (nSPS) is 10.6. The number of carbonyl (C=O) groups is 2. The van der Waals surface area contributed by atoms with Crippen molar-refractivity contribution in [1.29, 1.82) is 5.41 Å². The summed E-state index contributed by atoms with van der Waals surface area (Å²) < 4.78 is 0. The summed E-state index contributed by atoms with van der Waals surface area (Å²) in [4.78, 5) is 20.6. The molecule has 1 unspecified atom stereocenters. The number of nitrogens with one attached hydrogen (secondary N) is 1. The van der Waals surface area contributed by atoms with E-state index in [0.717, 1.165) is 4.90 Å². The van der Waals surface area contributed by atoms with Gasteiger partial charge in [-0.25, -0.2) is 0 Å². The molecule has 0 aliphatic carbocycles. The monoisotopic (exact) mass is 220 g/mol. The fraction of sp³-hybridized carbons (Fsp3) is 0.571. The summed E-state index contributed by atoms with van der Waals surface area (Å²) in [7, 11) is 1.44. The van der Waals surface area contributed by atoms with Crippen LogP contribution in [0, 0.1) is 5.41 Å². The number of carboxylic acid groups (broad SMARTS) is 2. The van der Waals surface area contributed by atoms with Crippen LogP contribution < -0.4 is 11.5 Å². The van der Waals surface area contributed by atoms with Gasteiger partial charge in [0.25, 0.3) is 0 Å². The molecule has 0 saturated heterocycles. The first-order valence-electron chi connectivity index (χ1n) is 3.93. The van der Waals surface area contributed by atoms with E-state index in [1.807, 2.05) is 0 Å². The van der Waals surface area contributed by atoms with E-state index in [1.54, 1.807) is 0 Å². The first-order valence-corrected chi connectivity index (χ1v) is 3.93. The van der Waals surface area contributed by atoms with E-state index in [1.165, 1.54) is 14.0 Å². The van der Waals surface area contributed by atoms with E-state index < -0.39 is 18.0 Å². The van der Waals surface area contributed by atoms with Gasteiger partial charge in [-0.2, -0.15) is 0 Å². The molecule has 0 aromatic heterocycles. The van der Waals surface area contributed by atoms with Crippen LogP contribution >= 0.6 is 0 Å². The number of aliphatic carboxylic acids is 2. The third-order valence-electron chi connectivity index (χ3n) is 1.17. The van der Waals surface area contributed by atoms with Crippen molar-refractivity contribution in [3.63, 3.8) is 0 Å². The number of guanidine groups is 1. The molecule has 0 aliphatic rings. The zero-order valence-electron chi connectivity index (χ0n) is 8.60. The van der Waals surface area contributed by atoms with Gasteiger partial charge >= 0.3 is 11.9 Å². The second-order valence-electron chi connectivity index (χ2n) is 2.76. The molecule has 0 heterocycles. The molecule has 8 nitrogen and oxygen atoms in total. The van der Waals surface area contributed by atoms with Gasteiger partial charge in [0, 0.05) is 7.05 Å². The van der Waals surface area contributed by atoms with Crippen LogP contribution in [-0.2, 0) is 9.59 Å². The number of nitrogens with zero attached hydrogens (tertiary/aromatic N) is 1. The molecule has 0 amide bonds. The lowest BCUT2D eigenvalue weighted by atomic mass is 10.4. The summed E-state index contributed by atoms with van der Waals surface area (Å²) >= 11 is 0. The Kier molecular flexibility index (Phi) is 7.88. The first-order chi connectivity index (χ1) is 6.68. The SMILES string of the molecule is CC(N)C(=O)O.CN(CC(=O)O)C(=N)N. The van der Waals surface area contributed by atoms with Gasteiger partial charge in [-0.15, -0.1) is 0 Å². The minimum atomic E-state index is -0.993. The van der Waals surface area contributed by atoms with Gasteiger partial charge in [-0.05, 0) is 6.92 Å². The molecule has 7 N–H and O–H groups in total. The summed E-state index contributed by atoms with van der Waals surface area (Å²) in [5.74, 6) is -2.19. The summed E-state index contributed by atoms with van der Waals surface area (Å²) in [6.45, 7) is 1.19. The lowest BCUT2D eigenvalue weighted by Crippen LogP contribution is -2.36. The second-order valence-corrected chi connectivity index (χ2v) is 2.76. The van der Waals surface area contributed by atoms with Crippen molar-refractivity contribution in [3.8, 4) is 0 Å². The van der Waals surface area contributed by atoms with Crippen molar-refractivity contribution >= 4 is 17.9 Å². The quantitative estimate of drug-likeness (QED) is 0.281. The Balaban J connectivity index is 0. The Hall–Kier alpha value is -1.83. The van der Waals surface area contributed by atoms with Crippen LogP contribution in [0.3, 0.4) is 0 Å². The van der Waals surface area contributed by atoms with Crippen molar-refractivity contribution in [3.05, 3.63) is 0 Å². The fourth-order valence-corrected chi connectivity index (χ4v) is 0.288. The Morgan fingerprint density at radius 2 is 1.80 bits per heavy atom. The third kappa shape index (κ3) is 12.2. The zero-order valence-corrected chi connectivity index (χ0v) is 8.60. The van der Waals surface area contributed by atoms with Crippen molar-refractivity contribution in [1.82, 2.24) is 4.90 Å².